The zero-order valence-corrected chi connectivity index (χ0v) is 14.6. The van der Waals surface area contributed by atoms with E-state index in [-0.39, 0.29) is 6.10 Å². The van der Waals surface area contributed by atoms with Gasteiger partial charge >= 0.3 is 0 Å². The van der Waals surface area contributed by atoms with Crippen molar-refractivity contribution in [3.05, 3.63) is 65.2 Å². The molecular formula is C21H27NO2. The molecule has 2 atom stereocenters. The quantitative estimate of drug-likeness (QED) is 0.838. The van der Waals surface area contributed by atoms with E-state index in [4.69, 9.17) is 9.47 Å². The van der Waals surface area contributed by atoms with Crippen molar-refractivity contribution in [1.82, 2.24) is 5.32 Å². The average molecular weight is 325 g/mol. The molecule has 0 saturated carbocycles. The Balaban J connectivity index is 1.62. The third-order valence-electron chi connectivity index (χ3n) is 4.63. The highest BCUT2D eigenvalue weighted by atomic mass is 16.5. The van der Waals surface area contributed by atoms with E-state index in [0.717, 1.165) is 25.3 Å². The Labute approximate surface area is 145 Å². The fourth-order valence-corrected chi connectivity index (χ4v) is 3.22. The molecule has 0 radical (unpaired) electrons. The standard InChI is InChI=1S/C21H27NO2/c1-16-8-9-20(17(2)12-16)24-21(19-10-11-22-13-19)15-23-14-18-6-4-3-5-7-18/h3-9,12,19,21-22H,10-11,13-15H2,1-2H3/t19-,21-/m0/s1. The van der Waals surface area contributed by atoms with Crippen molar-refractivity contribution in [2.75, 3.05) is 19.7 Å². The van der Waals surface area contributed by atoms with Gasteiger partial charge in [0.2, 0.25) is 0 Å². The van der Waals surface area contributed by atoms with Crippen LogP contribution in [0.4, 0.5) is 0 Å². The van der Waals surface area contributed by atoms with Crippen LogP contribution in [-0.4, -0.2) is 25.8 Å². The van der Waals surface area contributed by atoms with E-state index in [1.165, 1.54) is 16.7 Å². The summed E-state index contributed by atoms with van der Waals surface area (Å²) in [5.74, 6) is 1.47. The van der Waals surface area contributed by atoms with Crippen LogP contribution in [0.5, 0.6) is 5.75 Å². The highest BCUT2D eigenvalue weighted by molar-refractivity contribution is 5.35. The topological polar surface area (TPSA) is 30.5 Å². The summed E-state index contributed by atoms with van der Waals surface area (Å²) in [7, 11) is 0. The average Bonchev–Trinajstić information content (AvgIpc) is 3.11. The van der Waals surface area contributed by atoms with Gasteiger partial charge in [-0.25, -0.2) is 0 Å². The first kappa shape index (κ1) is 17.0. The fourth-order valence-electron chi connectivity index (χ4n) is 3.22. The molecule has 1 N–H and O–H groups in total. The molecule has 24 heavy (non-hydrogen) atoms. The zero-order valence-electron chi connectivity index (χ0n) is 14.6. The lowest BCUT2D eigenvalue weighted by molar-refractivity contribution is 0.0162. The summed E-state index contributed by atoms with van der Waals surface area (Å²) in [6, 6.07) is 16.7. The van der Waals surface area contributed by atoms with Gasteiger partial charge in [-0.05, 0) is 44.0 Å². The maximum atomic E-state index is 6.36. The Morgan fingerprint density at radius 3 is 2.67 bits per heavy atom. The van der Waals surface area contributed by atoms with Gasteiger partial charge < -0.3 is 14.8 Å². The van der Waals surface area contributed by atoms with Gasteiger partial charge in [-0.3, -0.25) is 0 Å². The van der Waals surface area contributed by atoms with Crippen molar-refractivity contribution in [1.29, 1.82) is 0 Å². The van der Waals surface area contributed by atoms with Gasteiger partial charge in [0, 0.05) is 12.5 Å². The maximum absolute atomic E-state index is 6.36. The molecule has 3 heteroatoms. The smallest absolute Gasteiger partial charge is 0.126 e. The number of hydrogen-bond acceptors (Lipinski definition) is 3. The van der Waals surface area contributed by atoms with Crippen LogP contribution >= 0.6 is 0 Å². The molecule has 128 valence electrons. The molecule has 1 fully saturated rings. The van der Waals surface area contributed by atoms with Crippen molar-refractivity contribution in [3.8, 4) is 5.75 Å². The van der Waals surface area contributed by atoms with E-state index >= 15 is 0 Å². The maximum Gasteiger partial charge on any atom is 0.126 e. The fraction of sp³-hybridized carbons (Fsp3) is 0.429. The first-order valence-electron chi connectivity index (χ1n) is 8.78. The summed E-state index contributed by atoms with van der Waals surface area (Å²) >= 11 is 0. The van der Waals surface area contributed by atoms with Crippen LogP contribution in [0.2, 0.25) is 0 Å². The minimum atomic E-state index is 0.0881. The largest absolute Gasteiger partial charge is 0.487 e. The van der Waals surface area contributed by atoms with Gasteiger partial charge in [0.25, 0.3) is 0 Å². The van der Waals surface area contributed by atoms with Gasteiger partial charge in [0.05, 0.1) is 13.2 Å². The molecule has 1 saturated heterocycles. The SMILES string of the molecule is Cc1ccc(O[C@@H](COCc2ccccc2)[C@H]2CCNC2)c(C)c1. The summed E-state index contributed by atoms with van der Waals surface area (Å²) in [6.07, 6.45) is 1.23. The van der Waals surface area contributed by atoms with Crippen molar-refractivity contribution in [2.24, 2.45) is 5.92 Å². The van der Waals surface area contributed by atoms with Crippen LogP contribution in [0.1, 0.15) is 23.1 Å². The molecule has 2 aromatic rings. The van der Waals surface area contributed by atoms with Crippen LogP contribution in [0.15, 0.2) is 48.5 Å². The third-order valence-corrected chi connectivity index (χ3v) is 4.63. The normalized spacial score (nSPS) is 18.5. The first-order valence-corrected chi connectivity index (χ1v) is 8.78. The summed E-state index contributed by atoms with van der Waals surface area (Å²) in [6.45, 7) is 7.54. The summed E-state index contributed by atoms with van der Waals surface area (Å²) in [5, 5.41) is 3.43. The molecule has 0 unspecified atom stereocenters. The molecule has 0 bridgehead atoms. The van der Waals surface area contributed by atoms with E-state index in [9.17, 15) is 0 Å². The van der Waals surface area contributed by atoms with E-state index in [2.05, 4.69) is 49.5 Å². The van der Waals surface area contributed by atoms with Crippen LogP contribution < -0.4 is 10.1 Å². The second kappa shape index (κ2) is 8.32. The van der Waals surface area contributed by atoms with Crippen molar-refractivity contribution >= 4 is 0 Å². The highest BCUT2D eigenvalue weighted by Gasteiger charge is 2.27. The summed E-state index contributed by atoms with van der Waals surface area (Å²) in [5.41, 5.74) is 3.65. The van der Waals surface area contributed by atoms with Crippen molar-refractivity contribution in [3.63, 3.8) is 0 Å². The van der Waals surface area contributed by atoms with Gasteiger partial charge in [-0.15, -0.1) is 0 Å². The van der Waals surface area contributed by atoms with E-state index < -0.39 is 0 Å². The molecule has 1 aliphatic heterocycles. The van der Waals surface area contributed by atoms with Gasteiger partial charge in [0.1, 0.15) is 11.9 Å². The number of nitrogens with one attached hydrogen (secondary N) is 1. The van der Waals surface area contributed by atoms with Crippen molar-refractivity contribution < 1.29 is 9.47 Å². The lowest BCUT2D eigenvalue weighted by Gasteiger charge is -2.25. The first-order chi connectivity index (χ1) is 11.7. The highest BCUT2D eigenvalue weighted by Crippen LogP contribution is 2.24. The molecule has 2 aromatic carbocycles. The van der Waals surface area contributed by atoms with Crippen LogP contribution in [-0.2, 0) is 11.3 Å². The number of rotatable bonds is 7. The molecule has 0 aliphatic carbocycles. The lowest BCUT2D eigenvalue weighted by Crippen LogP contribution is -2.33. The van der Waals surface area contributed by atoms with Gasteiger partial charge in [-0.2, -0.15) is 0 Å². The molecule has 3 rings (SSSR count). The molecule has 0 amide bonds. The predicted molar refractivity (Wildman–Crippen MR) is 97.4 cm³/mol. The monoisotopic (exact) mass is 325 g/mol. The van der Waals surface area contributed by atoms with E-state index in [1.54, 1.807) is 0 Å². The molecule has 3 nitrogen and oxygen atoms in total. The van der Waals surface area contributed by atoms with Crippen LogP contribution in [0.25, 0.3) is 0 Å². The van der Waals surface area contributed by atoms with E-state index in [0.29, 0.717) is 19.1 Å². The molecule has 1 heterocycles. The third kappa shape index (κ3) is 4.59. The minimum absolute atomic E-state index is 0.0881. The molecule has 0 aromatic heterocycles. The number of ether oxygens (including phenoxy) is 2. The second-order valence-corrected chi connectivity index (χ2v) is 6.68. The van der Waals surface area contributed by atoms with Gasteiger partial charge in [0.15, 0.2) is 0 Å². The van der Waals surface area contributed by atoms with E-state index in [1.807, 2.05) is 18.2 Å². The minimum Gasteiger partial charge on any atom is -0.487 e. The second-order valence-electron chi connectivity index (χ2n) is 6.68. The van der Waals surface area contributed by atoms with Gasteiger partial charge in [-0.1, -0.05) is 48.0 Å². The number of benzene rings is 2. The Hall–Kier alpha value is -1.84. The van der Waals surface area contributed by atoms with Crippen LogP contribution in [0.3, 0.4) is 0 Å². The summed E-state index contributed by atoms with van der Waals surface area (Å²) in [4.78, 5) is 0. The van der Waals surface area contributed by atoms with Crippen LogP contribution in [0, 0.1) is 19.8 Å². The van der Waals surface area contributed by atoms with Crippen molar-refractivity contribution in [2.45, 2.75) is 33.0 Å². The Bertz CT molecular complexity index is 636. The molecule has 1 aliphatic rings. The lowest BCUT2D eigenvalue weighted by atomic mass is 10.0. The number of hydrogen-bond donors (Lipinski definition) is 1. The summed E-state index contributed by atoms with van der Waals surface area (Å²) < 4.78 is 12.3. The Kier molecular flexibility index (Phi) is 5.89. The Morgan fingerprint density at radius 2 is 1.96 bits per heavy atom. The zero-order chi connectivity index (χ0) is 16.8. The predicted octanol–water partition coefficient (Wildman–Crippen LogP) is 3.88. The number of aryl methyl sites for hydroxylation is 2. The molecular weight excluding hydrogens is 298 g/mol. The Morgan fingerprint density at radius 1 is 1.12 bits per heavy atom. The molecule has 0 spiro atoms.